The third-order valence-electron chi connectivity index (χ3n) is 4.09. The lowest BCUT2D eigenvalue weighted by Gasteiger charge is -2.08. The van der Waals surface area contributed by atoms with Gasteiger partial charge in [0.1, 0.15) is 11.6 Å². The first-order chi connectivity index (χ1) is 11.8. The highest BCUT2D eigenvalue weighted by Gasteiger charge is 2.09. The van der Waals surface area contributed by atoms with Crippen molar-refractivity contribution in [2.45, 2.75) is 13.5 Å². The van der Waals surface area contributed by atoms with Gasteiger partial charge in [-0.2, -0.15) is 0 Å². The lowest BCUT2D eigenvalue weighted by atomic mass is 10.1. The Kier molecular flexibility index (Phi) is 3.75. The first-order valence-corrected chi connectivity index (χ1v) is 8.02. The van der Waals surface area contributed by atoms with Gasteiger partial charge in [0.15, 0.2) is 0 Å². The molecule has 0 radical (unpaired) electrons. The summed E-state index contributed by atoms with van der Waals surface area (Å²) < 4.78 is 7.61. The highest BCUT2D eigenvalue weighted by Crippen LogP contribution is 2.20. The van der Waals surface area contributed by atoms with E-state index < -0.39 is 0 Å². The van der Waals surface area contributed by atoms with Crippen LogP contribution in [0.15, 0.2) is 71.3 Å². The number of hydrogen-bond donors (Lipinski definition) is 0. The number of imidazole rings is 1. The number of hydrogen-bond acceptors (Lipinski definition) is 2. The van der Waals surface area contributed by atoms with Gasteiger partial charge in [0.25, 0.3) is 0 Å². The third-order valence-corrected chi connectivity index (χ3v) is 4.09. The van der Waals surface area contributed by atoms with Crippen molar-refractivity contribution < 1.29 is 4.42 Å². The summed E-state index contributed by atoms with van der Waals surface area (Å²) in [5.74, 6) is 1.75. The summed E-state index contributed by atoms with van der Waals surface area (Å²) in [7, 11) is 0. The minimum atomic E-state index is 0.790. The lowest BCUT2D eigenvalue weighted by molar-refractivity contribution is 0.557. The maximum absolute atomic E-state index is 5.38. The fourth-order valence-electron chi connectivity index (χ4n) is 2.81. The van der Waals surface area contributed by atoms with Gasteiger partial charge in [-0.1, -0.05) is 42.0 Å². The van der Waals surface area contributed by atoms with Gasteiger partial charge in [-0.3, -0.25) is 0 Å². The monoisotopic (exact) mass is 314 g/mol. The van der Waals surface area contributed by atoms with Crippen molar-refractivity contribution in [1.82, 2.24) is 9.55 Å². The molecule has 2 aromatic carbocycles. The van der Waals surface area contributed by atoms with Gasteiger partial charge in [0.2, 0.25) is 0 Å². The van der Waals surface area contributed by atoms with Crippen LogP contribution in [0.1, 0.15) is 22.7 Å². The maximum Gasteiger partial charge on any atom is 0.134 e. The van der Waals surface area contributed by atoms with Crippen molar-refractivity contribution in [3.63, 3.8) is 0 Å². The highest BCUT2D eigenvalue weighted by molar-refractivity contribution is 5.79. The predicted molar refractivity (Wildman–Crippen MR) is 97.7 cm³/mol. The van der Waals surface area contributed by atoms with E-state index in [1.807, 2.05) is 36.4 Å². The van der Waals surface area contributed by atoms with Crippen molar-refractivity contribution in [1.29, 1.82) is 0 Å². The lowest BCUT2D eigenvalue weighted by Crippen LogP contribution is -2.02. The van der Waals surface area contributed by atoms with Crippen LogP contribution in [0.2, 0.25) is 0 Å². The average Bonchev–Trinajstić information content (AvgIpc) is 3.23. The van der Waals surface area contributed by atoms with Crippen LogP contribution < -0.4 is 0 Å². The quantitative estimate of drug-likeness (QED) is 0.521. The van der Waals surface area contributed by atoms with Crippen molar-refractivity contribution in [2.24, 2.45) is 0 Å². The number of aromatic nitrogens is 2. The van der Waals surface area contributed by atoms with Crippen LogP contribution in [0, 0.1) is 6.92 Å². The molecule has 0 saturated carbocycles. The molecule has 0 amide bonds. The molecule has 0 aliphatic rings. The molecule has 2 aromatic heterocycles. The Bertz CT molecular complexity index is 977. The van der Waals surface area contributed by atoms with Crippen LogP contribution in [0.25, 0.3) is 23.2 Å². The second-order valence-corrected chi connectivity index (χ2v) is 5.88. The predicted octanol–water partition coefficient (Wildman–Crippen LogP) is 5.16. The molecule has 0 spiro atoms. The number of benzene rings is 2. The highest BCUT2D eigenvalue weighted by atomic mass is 16.3. The van der Waals surface area contributed by atoms with E-state index in [1.54, 1.807) is 6.26 Å². The first kappa shape index (κ1) is 14.5. The molecule has 0 aliphatic heterocycles. The van der Waals surface area contributed by atoms with Gasteiger partial charge >= 0.3 is 0 Å². The molecule has 0 saturated heterocycles. The van der Waals surface area contributed by atoms with E-state index in [0.29, 0.717) is 0 Å². The van der Waals surface area contributed by atoms with Gasteiger partial charge in [-0.05, 0) is 48.9 Å². The molecule has 0 aliphatic carbocycles. The van der Waals surface area contributed by atoms with Crippen molar-refractivity contribution in [3.05, 3.63) is 89.6 Å². The molecule has 0 atom stereocenters. The Balaban J connectivity index is 1.76. The topological polar surface area (TPSA) is 31.0 Å². The van der Waals surface area contributed by atoms with Crippen LogP contribution in [-0.4, -0.2) is 9.55 Å². The van der Waals surface area contributed by atoms with Gasteiger partial charge in [0.05, 0.1) is 17.3 Å². The van der Waals surface area contributed by atoms with E-state index in [9.17, 15) is 0 Å². The van der Waals surface area contributed by atoms with E-state index in [0.717, 1.165) is 29.2 Å². The Hall–Kier alpha value is -3.07. The number of fused-ring (bicyclic) bond motifs is 1. The zero-order valence-electron chi connectivity index (χ0n) is 13.5. The molecule has 0 N–H and O–H groups in total. The van der Waals surface area contributed by atoms with Crippen molar-refractivity contribution >= 4 is 23.2 Å². The molecule has 4 rings (SSSR count). The molecule has 4 aromatic rings. The molecule has 0 bridgehead atoms. The second kappa shape index (κ2) is 6.20. The second-order valence-electron chi connectivity index (χ2n) is 5.88. The first-order valence-electron chi connectivity index (χ1n) is 8.02. The van der Waals surface area contributed by atoms with Crippen LogP contribution in [0.4, 0.5) is 0 Å². The molecule has 2 heterocycles. The van der Waals surface area contributed by atoms with E-state index in [4.69, 9.17) is 9.40 Å². The summed E-state index contributed by atoms with van der Waals surface area (Å²) in [6, 6.07) is 20.7. The molecular weight excluding hydrogens is 296 g/mol. The van der Waals surface area contributed by atoms with Gasteiger partial charge in [-0.15, -0.1) is 0 Å². The minimum absolute atomic E-state index is 0.790. The number of furan rings is 1. The van der Waals surface area contributed by atoms with Crippen LogP contribution in [0.3, 0.4) is 0 Å². The van der Waals surface area contributed by atoms with E-state index in [1.165, 1.54) is 11.1 Å². The molecule has 3 heteroatoms. The fourth-order valence-corrected chi connectivity index (χ4v) is 2.81. The number of rotatable bonds is 4. The Morgan fingerprint density at radius 2 is 1.79 bits per heavy atom. The third kappa shape index (κ3) is 2.88. The SMILES string of the molecule is Cc1ccc(Cn2c(C=Cc3ccco3)nc3ccccc32)cc1. The van der Waals surface area contributed by atoms with E-state index in [2.05, 4.69) is 47.9 Å². The number of nitrogens with zero attached hydrogens (tertiary/aromatic N) is 2. The largest absolute Gasteiger partial charge is 0.465 e. The van der Waals surface area contributed by atoms with E-state index in [-0.39, 0.29) is 0 Å². The Labute approximate surface area is 140 Å². The summed E-state index contributed by atoms with van der Waals surface area (Å²) >= 11 is 0. The molecule has 3 nitrogen and oxygen atoms in total. The van der Waals surface area contributed by atoms with Crippen LogP contribution in [-0.2, 0) is 6.54 Å². The number of aryl methyl sites for hydroxylation is 1. The molecule has 0 unspecified atom stereocenters. The van der Waals surface area contributed by atoms with Gasteiger partial charge in [0, 0.05) is 6.54 Å². The maximum atomic E-state index is 5.38. The van der Waals surface area contributed by atoms with Crippen LogP contribution in [0.5, 0.6) is 0 Å². The zero-order chi connectivity index (χ0) is 16.4. The number of para-hydroxylation sites is 2. The van der Waals surface area contributed by atoms with Gasteiger partial charge in [-0.25, -0.2) is 4.98 Å². The summed E-state index contributed by atoms with van der Waals surface area (Å²) in [4.78, 5) is 4.76. The summed E-state index contributed by atoms with van der Waals surface area (Å²) in [5.41, 5.74) is 4.67. The summed E-state index contributed by atoms with van der Waals surface area (Å²) in [6.45, 7) is 2.90. The average molecular weight is 314 g/mol. The molecule has 24 heavy (non-hydrogen) atoms. The molecular formula is C21H18N2O. The normalized spacial score (nSPS) is 11.5. The summed E-state index contributed by atoms with van der Waals surface area (Å²) in [6.07, 6.45) is 5.63. The minimum Gasteiger partial charge on any atom is -0.465 e. The van der Waals surface area contributed by atoms with Crippen molar-refractivity contribution in [2.75, 3.05) is 0 Å². The Morgan fingerprint density at radius 1 is 0.958 bits per heavy atom. The van der Waals surface area contributed by atoms with Crippen molar-refractivity contribution in [3.8, 4) is 0 Å². The Morgan fingerprint density at radius 3 is 2.58 bits per heavy atom. The zero-order valence-corrected chi connectivity index (χ0v) is 13.5. The summed E-state index contributed by atoms with van der Waals surface area (Å²) in [5, 5.41) is 0. The van der Waals surface area contributed by atoms with Crippen LogP contribution >= 0.6 is 0 Å². The molecule has 0 fully saturated rings. The fraction of sp³-hybridized carbons (Fsp3) is 0.0952. The van der Waals surface area contributed by atoms with Gasteiger partial charge < -0.3 is 8.98 Å². The van der Waals surface area contributed by atoms with E-state index >= 15 is 0 Å². The molecule has 118 valence electrons. The standard InChI is InChI=1S/C21H18N2O/c1-16-8-10-17(11-9-16)15-23-20-7-3-2-6-19(20)22-21(23)13-12-18-5-4-14-24-18/h2-14H,15H2,1H3. The smallest absolute Gasteiger partial charge is 0.134 e.